The molecule has 0 radical (unpaired) electrons. The quantitative estimate of drug-likeness (QED) is 0.472. The summed E-state index contributed by atoms with van der Waals surface area (Å²) in [6, 6.07) is 6.29. The minimum Gasteiger partial charge on any atom is -0.356 e. The van der Waals surface area contributed by atoms with Crippen molar-refractivity contribution in [3.05, 3.63) is 42.0 Å². The number of fused-ring (bicyclic) bond motifs is 1. The molecule has 2 aromatic heterocycles. The van der Waals surface area contributed by atoms with Crippen LogP contribution in [0.25, 0.3) is 16.9 Å². The summed E-state index contributed by atoms with van der Waals surface area (Å²) in [6.45, 7) is 13.1. The maximum Gasteiger partial charge on any atom is 0.254 e. The van der Waals surface area contributed by atoms with Crippen molar-refractivity contribution in [1.29, 1.82) is 0 Å². The van der Waals surface area contributed by atoms with Gasteiger partial charge in [0.2, 0.25) is 0 Å². The number of anilines is 1. The molecule has 0 saturated heterocycles. The van der Waals surface area contributed by atoms with Gasteiger partial charge in [0, 0.05) is 38.3 Å². The Bertz CT molecular complexity index is 1120. The first kappa shape index (κ1) is 23.2. The van der Waals surface area contributed by atoms with Crippen LogP contribution in [0.15, 0.2) is 30.9 Å². The lowest BCUT2D eigenvalue weighted by Crippen LogP contribution is -2.33. The number of aryl methyl sites for hydroxylation is 1. The van der Waals surface area contributed by atoms with Gasteiger partial charge in [-0.2, -0.15) is 0 Å². The van der Waals surface area contributed by atoms with Crippen molar-refractivity contribution in [2.45, 2.75) is 46.6 Å². The molecule has 1 aliphatic carbocycles. The Morgan fingerprint density at radius 3 is 2.48 bits per heavy atom. The van der Waals surface area contributed by atoms with E-state index in [-0.39, 0.29) is 5.91 Å². The molecule has 3 aromatic rings. The van der Waals surface area contributed by atoms with Gasteiger partial charge in [0.1, 0.15) is 12.7 Å². The summed E-state index contributed by atoms with van der Waals surface area (Å²) < 4.78 is 1.97. The van der Waals surface area contributed by atoms with Crippen LogP contribution >= 0.6 is 0 Å². The summed E-state index contributed by atoms with van der Waals surface area (Å²) in [5.74, 6) is 0.916. The van der Waals surface area contributed by atoms with Crippen LogP contribution in [-0.2, 0) is 0 Å². The smallest absolute Gasteiger partial charge is 0.254 e. The van der Waals surface area contributed by atoms with E-state index in [4.69, 9.17) is 0 Å². The summed E-state index contributed by atoms with van der Waals surface area (Å²) >= 11 is 0. The number of aromatic nitrogens is 4. The lowest BCUT2D eigenvalue weighted by Gasteiger charge is -2.23. The highest BCUT2D eigenvalue weighted by Crippen LogP contribution is 2.29. The molecule has 0 bridgehead atoms. The van der Waals surface area contributed by atoms with Crippen molar-refractivity contribution in [3.63, 3.8) is 0 Å². The van der Waals surface area contributed by atoms with Gasteiger partial charge < -0.3 is 14.7 Å². The van der Waals surface area contributed by atoms with E-state index >= 15 is 0 Å². The molecule has 8 heteroatoms. The summed E-state index contributed by atoms with van der Waals surface area (Å²) in [5, 5.41) is 0. The number of rotatable bonds is 10. The topological polar surface area (TPSA) is 70.4 Å². The molecule has 176 valence electrons. The molecule has 0 aliphatic heterocycles. The molecule has 0 atom stereocenters. The Hall–Kier alpha value is -3.00. The number of carbonyl (C=O) groups excluding carboxylic acids is 1. The minimum absolute atomic E-state index is 0.0946. The number of hydrogen-bond acceptors (Lipinski definition) is 6. The van der Waals surface area contributed by atoms with E-state index in [1.807, 2.05) is 48.6 Å². The molecule has 0 unspecified atom stereocenters. The standard InChI is InChI=1S/C25H35N7O/c1-6-30(7-2)14-13-29(5)23-22-24(27-16-26-23)32(17-28-22)21-15-19(10-9-18(21)4)25(33)31(8-3)20-11-12-20/h9-10,15-17,20H,6-8,11-14H2,1-5H3. The van der Waals surface area contributed by atoms with Gasteiger partial charge in [-0.05, 0) is 57.5 Å². The summed E-state index contributed by atoms with van der Waals surface area (Å²) in [5.41, 5.74) is 4.21. The zero-order chi connectivity index (χ0) is 23.5. The monoisotopic (exact) mass is 449 g/mol. The molecule has 2 heterocycles. The molecule has 0 N–H and O–H groups in total. The number of benzene rings is 1. The third-order valence-corrected chi connectivity index (χ3v) is 6.63. The van der Waals surface area contributed by atoms with Gasteiger partial charge in [0.25, 0.3) is 5.91 Å². The van der Waals surface area contributed by atoms with Crippen molar-refractivity contribution < 1.29 is 4.79 Å². The Kier molecular flexibility index (Phi) is 6.93. The van der Waals surface area contributed by atoms with Crippen LogP contribution in [0, 0.1) is 6.92 Å². The largest absolute Gasteiger partial charge is 0.356 e. The average molecular weight is 450 g/mol. The maximum atomic E-state index is 13.1. The van der Waals surface area contributed by atoms with E-state index in [1.54, 1.807) is 12.7 Å². The van der Waals surface area contributed by atoms with Gasteiger partial charge in [0.15, 0.2) is 17.0 Å². The van der Waals surface area contributed by atoms with E-state index in [0.717, 1.165) is 73.8 Å². The summed E-state index contributed by atoms with van der Waals surface area (Å²) in [6.07, 6.45) is 5.59. The van der Waals surface area contributed by atoms with Gasteiger partial charge in [-0.3, -0.25) is 9.36 Å². The third-order valence-electron chi connectivity index (χ3n) is 6.63. The molecular weight excluding hydrogens is 414 g/mol. The molecule has 1 fully saturated rings. The average Bonchev–Trinajstić information content (AvgIpc) is 3.57. The van der Waals surface area contributed by atoms with Crippen molar-refractivity contribution in [2.24, 2.45) is 0 Å². The van der Waals surface area contributed by atoms with E-state index in [0.29, 0.717) is 11.6 Å². The van der Waals surface area contributed by atoms with E-state index in [9.17, 15) is 4.79 Å². The predicted molar refractivity (Wildman–Crippen MR) is 132 cm³/mol. The number of hydrogen-bond donors (Lipinski definition) is 0. The van der Waals surface area contributed by atoms with Gasteiger partial charge in [-0.25, -0.2) is 15.0 Å². The normalized spacial score (nSPS) is 13.6. The second-order valence-electron chi connectivity index (χ2n) is 8.76. The highest BCUT2D eigenvalue weighted by atomic mass is 16.2. The Balaban J connectivity index is 1.65. The molecule has 1 aliphatic rings. The van der Waals surface area contributed by atoms with Crippen LogP contribution in [0.2, 0.25) is 0 Å². The van der Waals surface area contributed by atoms with Crippen molar-refractivity contribution in [2.75, 3.05) is 44.7 Å². The Morgan fingerprint density at radius 1 is 1.06 bits per heavy atom. The summed E-state index contributed by atoms with van der Waals surface area (Å²) in [4.78, 5) is 33.4. The van der Waals surface area contributed by atoms with Crippen molar-refractivity contribution >= 4 is 22.9 Å². The molecule has 4 rings (SSSR count). The second kappa shape index (κ2) is 9.87. The minimum atomic E-state index is 0.0946. The lowest BCUT2D eigenvalue weighted by molar-refractivity contribution is 0.0752. The lowest BCUT2D eigenvalue weighted by atomic mass is 10.1. The second-order valence-corrected chi connectivity index (χ2v) is 8.76. The van der Waals surface area contributed by atoms with Gasteiger partial charge >= 0.3 is 0 Å². The highest BCUT2D eigenvalue weighted by Gasteiger charge is 2.32. The summed E-state index contributed by atoms with van der Waals surface area (Å²) in [7, 11) is 2.05. The maximum absolute atomic E-state index is 13.1. The van der Waals surface area contributed by atoms with Crippen LogP contribution in [0.5, 0.6) is 0 Å². The number of imidazole rings is 1. The van der Waals surface area contributed by atoms with Crippen molar-refractivity contribution in [3.8, 4) is 5.69 Å². The first-order chi connectivity index (χ1) is 16.0. The molecule has 1 saturated carbocycles. The number of carbonyl (C=O) groups is 1. The highest BCUT2D eigenvalue weighted by molar-refractivity contribution is 5.95. The Morgan fingerprint density at radius 2 is 1.82 bits per heavy atom. The van der Waals surface area contributed by atoms with Gasteiger partial charge in [0.05, 0.1) is 5.69 Å². The van der Waals surface area contributed by atoms with E-state index < -0.39 is 0 Å². The zero-order valence-electron chi connectivity index (χ0n) is 20.5. The zero-order valence-corrected chi connectivity index (χ0v) is 20.5. The first-order valence-corrected chi connectivity index (χ1v) is 12.0. The van der Waals surface area contributed by atoms with Crippen LogP contribution in [0.3, 0.4) is 0 Å². The van der Waals surface area contributed by atoms with Gasteiger partial charge in [-0.15, -0.1) is 0 Å². The van der Waals surface area contributed by atoms with Crippen LogP contribution in [0.4, 0.5) is 5.82 Å². The molecular formula is C25H35N7O. The van der Waals surface area contributed by atoms with Gasteiger partial charge in [-0.1, -0.05) is 19.9 Å². The predicted octanol–water partition coefficient (Wildman–Crippen LogP) is 3.53. The number of likely N-dealkylation sites (N-methyl/N-ethyl adjacent to an activating group) is 2. The van der Waals surface area contributed by atoms with Crippen LogP contribution < -0.4 is 4.90 Å². The fourth-order valence-electron chi connectivity index (χ4n) is 4.34. The molecule has 1 aromatic carbocycles. The molecule has 1 amide bonds. The fourth-order valence-corrected chi connectivity index (χ4v) is 4.34. The first-order valence-electron chi connectivity index (χ1n) is 12.0. The number of amides is 1. The van der Waals surface area contributed by atoms with E-state index in [1.165, 1.54) is 0 Å². The SMILES string of the molecule is CCN(CC)CCN(C)c1ncnc2c1ncn2-c1cc(C(=O)N(CC)C2CC2)ccc1C. The van der Waals surface area contributed by atoms with Crippen molar-refractivity contribution in [1.82, 2.24) is 29.3 Å². The van der Waals surface area contributed by atoms with Crippen LogP contribution in [0.1, 0.15) is 49.5 Å². The molecule has 0 spiro atoms. The third kappa shape index (κ3) is 4.71. The molecule has 33 heavy (non-hydrogen) atoms. The Labute approximate surface area is 196 Å². The van der Waals surface area contributed by atoms with E-state index in [2.05, 4.69) is 38.6 Å². The fraction of sp³-hybridized carbons (Fsp3) is 0.520. The van der Waals surface area contributed by atoms with Crippen LogP contribution in [-0.4, -0.2) is 81.0 Å². The number of nitrogens with zero attached hydrogens (tertiary/aromatic N) is 7. The molecule has 8 nitrogen and oxygen atoms in total.